The van der Waals surface area contributed by atoms with E-state index in [1.54, 1.807) is 27.7 Å². The predicted octanol–water partition coefficient (Wildman–Crippen LogP) is 6.26. The van der Waals surface area contributed by atoms with Crippen molar-refractivity contribution >= 4 is 60.3 Å². The van der Waals surface area contributed by atoms with Gasteiger partial charge in [-0.05, 0) is 67.6 Å². The molecular formula is C24H19BrN4OS2. The summed E-state index contributed by atoms with van der Waals surface area (Å²) in [6.07, 6.45) is 4.35. The molecule has 6 rings (SSSR count). The first kappa shape index (κ1) is 20.2. The Labute approximate surface area is 201 Å². The van der Waals surface area contributed by atoms with Gasteiger partial charge in [-0.1, -0.05) is 39.8 Å². The molecule has 0 saturated carbocycles. The van der Waals surface area contributed by atoms with E-state index in [0.717, 1.165) is 56.5 Å². The average molecular weight is 523 g/mol. The summed E-state index contributed by atoms with van der Waals surface area (Å²) in [6.45, 7) is 0. The van der Waals surface area contributed by atoms with E-state index < -0.39 is 0 Å². The van der Waals surface area contributed by atoms with Crippen LogP contribution in [0.25, 0.3) is 26.9 Å². The number of thiophene rings is 1. The third-order valence-corrected chi connectivity index (χ3v) is 8.48. The number of rotatable bonds is 4. The minimum atomic E-state index is 0.0313. The lowest BCUT2D eigenvalue weighted by Crippen LogP contribution is -2.22. The first-order valence-electron chi connectivity index (χ1n) is 10.6. The van der Waals surface area contributed by atoms with E-state index in [9.17, 15) is 4.79 Å². The summed E-state index contributed by atoms with van der Waals surface area (Å²) in [5.74, 6) is 1.48. The highest BCUT2D eigenvalue weighted by atomic mass is 79.9. The van der Waals surface area contributed by atoms with Crippen molar-refractivity contribution < 1.29 is 0 Å². The molecule has 5 aromatic rings. The highest BCUT2D eigenvalue weighted by Crippen LogP contribution is 2.35. The monoisotopic (exact) mass is 522 g/mol. The van der Waals surface area contributed by atoms with Gasteiger partial charge in [-0.15, -0.1) is 11.3 Å². The Bertz CT molecular complexity index is 1480. The van der Waals surface area contributed by atoms with Crippen molar-refractivity contribution in [1.29, 1.82) is 0 Å². The average Bonchev–Trinajstić information content (AvgIpc) is 3.39. The zero-order chi connectivity index (χ0) is 21.7. The highest BCUT2D eigenvalue weighted by Gasteiger charge is 2.23. The van der Waals surface area contributed by atoms with Gasteiger partial charge in [-0.2, -0.15) is 0 Å². The van der Waals surface area contributed by atoms with E-state index in [2.05, 4.69) is 25.9 Å². The molecule has 2 aromatic carbocycles. The number of para-hydroxylation sites is 2. The molecule has 0 amide bonds. The molecule has 0 radical (unpaired) electrons. The van der Waals surface area contributed by atoms with Crippen LogP contribution in [-0.2, 0) is 18.6 Å². The number of nitrogens with one attached hydrogen (secondary N) is 1. The zero-order valence-electron chi connectivity index (χ0n) is 17.1. The van der Waals surface area contributed by atoms with Gasteiger partial charge in [-0.3, -0.25) is 9.36 Å². The Morgan fingerprint density at radius 2 is 1.88 bits per heavy atom. The number of benzene rings is 2. The number of fused-ring (bicyclic) bond motifs is 4. The van der Waals surface area contributed by atoms with Gasteiger partial charge in [-0.25, -0.2) is 9.97 Å². The van der Waals surface area contributed by atoms with E-state index >= 15 is 0 Å². The van der Waals surface area contributed by atoms with Gasteiger partial charge >= 0.3 is 0 Å². The molecule has 5 nitrogen and oxygen atoms in total. The number of thioether (sulfide) groups is 1. The number of H-pyrrole nitrogens is 1. The van der Waals surface area contributed by atoms with Gasteiger partial charge in [0, 0.05) is 9.35 Å². The van der Waals surface area contributed by atoms with Crippen molar-refractivity contribution in [1.82, 2.24) is 19.5 Å². The molecule has 0 fully saturated rings. The van der Waals surface area contributed by atoms with Gasteiger partial charge in [0.05, 0.1) is 27.9 Å². The molecular weight excluding hydrogens is 504 g/mol. The van der Waals surface area contributed by atoms with Crippen LogP contribution in [0.1, 0.15) is 29.1 Å². The van der Waals surface area contributed by atoms with Crippen LogP contribution in [0.2, 0.25) is 0 Å². The van der Waals surface area contributed by atoms with Crippen LogP contribution in [-0.4, -0.2) is 19.5 Å². The molecule has 160 valence electrons. The van der Waals surface area contributed by atoms with Gasteiger partial charge in [0.15, 0.2) is 5.16 Å². The lowest BCUT2D eigenvalue weighted by molar-refractivity contribution is 0.699. The van der Waals surface area contributed by atoms with Crippen molar-refractivity contribution in [3.05, 3.63) is 79.6 Å². The van der Waals surface area contributed by atoms with Gasteiger partial charge in [0.2, 0.25) is 0 Å². The lowest BCUT2D eigenvalue weighted by Gasteiger charge is -2.13. The number of hydrogen-bond acceptors (Lipinski definition) is 5. The lowest BCUT2D eigenvalue weighted by atomic mass is 9.97. The third-order valence-electron chi connectivity index (χ3n) is 5.82. The van der Waals surface area contributed by atoms with Crippen LogP contribution in [0.5, 0.6) is 0 Å². The van der Waals surface area contributed by atoms with Crippen molar-refractivity contribution in [3.8, 4) is 5.69 Å². The number of aryl methyl sites for hydroxylation is 2. The van der Waals surface area contributed by atoms with Gasteiger partial charge < -0.3 is 4.98 Å². The number of aromatic nitrogens is 4. The second-order valence-electron chi connectivity index (χ2n) is 7.89. The van der Waals surface area contributed by atoms with E-state index in [1.165, 1.54) is 16.9 Å². The summed E-state index contributed by atoms with van der Waals surface area (Å²) in [6, 6.07) is 15.8. The van der Waals surface area contributed by atoms with Crippen molar-refractivity contribution in [3.63, 3.8) is 0 Å². The Morgan fingerprint density at radius 1 is 1.06 bits per heavy atom. The van der Waals surface area contributed by atoms with Gasteiger partial charge in [0.25, 0.3) is 5.56 Å². The molecule has 0 atom stereocenters. The quantitative estimate of drug-likeness (QED) is 0.223. The first-order valence-corrected chi connectivity index (χ1v) is 13.2. The fraction of sp³-hybridized carbons (Fsp3) is 0.208. The number of imidazole rings is 1. The largest absolute Gasteiger partial charge is 0.341 e. The van der Waals surface area contributed by atoms with Crippen LogP contribution < -0.4 is 5.56 Å². The van der Waals surface area contributed by atoms with Crippen LogP contribution >= 0.6 is 39.0 Å². The van der Waals surface area contributed by atoms with Crippen molar-refractivity contribution in [2.24, 2.45) is 0 Å². The molecule has 0 aliphatic heterocycles. The molecule has 3 aromatic heterocycles. The van der Waals surface area contributed by atoms with Crippen LogP contribution in [0.3, 0.4) is 0 Å². The van der Waals surface area contributed by atoms with E-state index in [4.69, 9.17) is 4.98 Å². The molecule has 1 aliphatic rings. The molecule has 32 heavy (non-hydrogen) atoms. The number of hydrogen-bond donors (Lipinski definition) is 1. The Hall–Kier alpha value is -2.42. The van der Waals surface area contributed by atoms with E-state index in [0.29, 0.717) is 10.9 Å². The van der Waals surface area contributed by atoms with E-state index in [1.807, 2.05) is 48.5 Å². The zero-order valence-corrected chi connectivity index (χ0v) is 20.3. The molecule has 1 N–H and O–H groups in total. The van der Waals surface area contributed by atoms with Crippen LogP contribution in [0, 0.1) is 0 Å². The molecule has 8 heteroatoms. The second-order valence-corrected chi connectivity index (χ2v) is 10.8. The SMILES string of the molecule is O=c1c2c3c(sc2nc(SCc2nc4ccccc4[nH]2)n1-c1ccc(Br)cc1)CCCC3. The second kappa shape index (κ2) is 8.17. The summed E-state index contributed by atoms with van der Waals surface area (Å²) >= 11 is 6.73. The maximum Gasteiger partial charge on any atom is 0.267 e. The van der Waals surface area contributed by atoms with Crippen molar-refractivity contribution in [2.75, 3.05) is 0 Å². The molecule has 0 unspecified atom stereocenters. The first-order chi connectivity index (χ1) is 15.7. The maximum absolute atomic E-state index is 13.8. The molecule has 0 saturated heterocycles. The fourth-order valence-corrected chi connectivity index (χ4v) is 6.76. The van der Waals surface area contributed by atoms with Crippen molar-refractivity contribution in [2.45, 2.75) is 36.6 Å². The summed E-state index contributed by atoms with van der Waals surface area (Å²) in [4.78, 5) is 29.1. The molecule has 1 aliphatic carbocycles. The minimum absolute atomic E-state index is 0.0313. The summed E-state index contributed by atoms with van der Waals surface area (Å²) in [5.41, 5.74) is 4.04. The Kier molecular flexibility index (Phi) is 5.16. The summed E-state index contributed by atoms with van der Waals surface area (Å²) in [7, 11) is 0. The third kappa shape index (κ3) is 3.50. The van der Waals surface area contributed by atoms with Gasteiger partial charge in [0.1, 0.15) is 10.7 Å². The van der Waals surface area contributed by atoms with E-state index in [-0.39, 0.29) is 5.56 Å². The highest BCUT2D eigenvalue weighted by molar-refractivity contribution is 9.10. The predicted molar refractivity (Wildman–Crippen MR) is 135 cm³/mol. The van der Waals surface area contributed by atoms with Crippen LogP contribution in [0.15, 0.2) is 63.0 Å². The summed E-state index contributed by atoms with van der Waals surface area (Å²) in [5, 5.41) is 1.50. The number of halogens is 1. The number of aromatic amines is 1. The molecule has 0 spiro atoms. The fourth-order valence-electron chi connectivity index (χ4n) is 4.31. The minimum Gasteiger partial charge on any atom is -0.341 e. The smallest absolute Gasteiger partial charge is 0.267 e. The molecule has 0 bridgehead atoms. The standard InChI is InChI=1S/C24H19BrN4OS2/c25-14-9-11-15(12-10-14)29-23(30)21-16-5-1-4-8-19(16)32-22(21)28-24(29)31-13-20-26-17-6-2-3-7-18(17)27-20/h2-3,6-7,9-12H,1,4-5,8,13H2,(H,26,27). The normalized spacial score (nSPS) is 13.7. The Morgan fingerprint density at radius 3 is 2.72 bits per heavy atom. The van der Waals surface area contributed by atoms with Crippen LogP contribution in [0.4, 0.5) is 0 Å². The topological polar surface area (TPSA) is 63.6 Å². The molecule has 3 heterocycles. The summed E-state index contributed by atoms with van der Waals surface area (Å²) < 4.78 is 2.75. The Balaban J connectivity index is 1.48. The number of nitrogens with zero attached hydrogens (tertiary/aromatic N) is 3. The maximum atomic E-state index is 13.8.